The molecule has 0 saturated carbocycles. The average molecular weight is 272 g/mol. The van der Waals surface area contributed by atoms with Crippen LogP contribution in [0.15, 0.2) is 24.3 Å². The molecule has 4 heteroatoms. The highest BCUT2D eigenvalue weighted by atomic mass is 16.7. The Kier molecular flexibility index (Phi) is 4.31. The molecule has 2 saturated heterocycles. The second-order valence-corrected chi connectivity index (χ2v) is 5.49. The van der Waals surface area contributed by atoms with Crippen LogP contribution in [0.2, 0.25) is 0 Å². The minimum Gasteiger partial charge on any atom is -0.350 e. The molecule has 0 amide bonds. The zero-order valence-corrected chi connectivity index (χ0v) is 11.6. The molecular weight excluding hydrogens is 252 g/mol. The summed E-state index contributed by atoms with van der Waals surface area (Å²) in [5.74, 6) is 0.528. The first-order chi connectivity index (χ1) is 9.86. The Morgan fingerprint density at radius 1 is 1.15 bits per heavy atom. The van der Waals surface area contributed by atoms with Gasteiger partial charge in [0.15, 0.2) is 6.29 Å². The van der Waals surface area contributed by atoms with Crippen LogP contribution in [0.5, 0.6) is 0 Å². The first-order valence-corrected chi connectivity index (χ1v) is 7.30. The van der Waals surface area contributed by atoms with Crippen LogP contribution >= 0.6 is 0 Å². The molecule has 0 unspecified atom stereocenters. The summed E-state index contributed by atoms with van der Waals surface area (Å²) in [6.07, 6.45) is 2.24. The molecule has 2 aliphatic heterocycles. The maximum Gasteiger partial charge on any atom is 0.160 e. The van der Waals surface area contributed by atoms with E-state index < -0.39 is 0 Å². The average Bonchev–Trinajstić information content (AvgIpc) is 3.03. The summed E-state index contributed by atoms with van der Waals surface area (Å²) < 4.78 is 11.2. The third-order valence-corrected chi connectivity index (χ3v) is 4.20. The summed E-state index contributed by atoms with van der Waals surface area (Å²) in [6, 6.07) is 10.1. The molecule has 0 N–H and O–H groups in total. The van der Waals surface area contributed by atoms with Crippen LogP contribution in [0.1, 0.15) is 24.0 Å². The van der Waals surface area contributed by atoms with Crippen LogP contribution in [0, 0.1) is 17.2 Å². The van der Waals surface area contributed by atoms with Gasteiger partial charge in [0.25, 0.3) is 0 Å². The number of hydrogen-bond acceptors (Lipinski definition) is 4. The van der Waals surface area contributed by atoms with E-state index >= 15 is 0 Å². The van der Waals surface area contributed by atoms with E-state index in [0.29, 0.717) is 5.92 Å². The highest BCUT2D eigenvalue weighted by Gasteiger charge is 2.30. The molecule has 1 aromatic rings. The van der Waals surface area contributed by atoms with Gasteiger partial charge in [-0.2, -0.15) is 5.26 Å². The quantitative estimate of drug-likeness (QED) is 0.845. The van der Waals surface area contributed by atoms with Gasteiger partial charge in [0.05, 0.1) is 24.8 Å². The van der Waals surface area contributed by atoms with Gasteiger partial charge in [-0.25, -0.2) is 0 Å². The molecule has 1 aromatic carbocycles. The summed E-state index contributed by atoms with van der Waals surface area (Å²) in [6.45, 7) is 4.44. The number of piperidine rings is 1. The van der Waals surface area contributed by atoms with Crippen LogP contribution in [0.4, 0.5) is 0 Å². The van der Waals surface area contributed by atoms with Crippen molar-refractivity contribution in [3.8, 4) is 6.07 Å². The Morgan fingerprint density at radius 2 is 1.85 bits per heavy atom. The zero-order chi connectivity index (χ0) is 13.8. The Bertz CT molecular complexity index is 483. The van der Waals surface area contributed by atoms with Crippen LogP contribution in [0.3, 0.4) is 0 Å². The number of likely N-dealkylation sites (tertiary alicyclic amines) is 1. The second-order valence-electron chi connectivity index (χ2n) is 5.49. The number of benzene rings is 1. The van der Waals surface area contributed by atoms with E-state index in [9.17, 15) is 0 Å². The molecule has 2 aliphatic rings. The van der Waals surface area contributed by atoms with Gasteiger partial charge in [-0.05, 0) is 37.6 Å². The van der Waals surface area contributed by atoms with Crippen LogP contribution < -0.4 is 0 Å². The molecule has 0 spiro atoms. The molecule has 0 aromatic heterocycles. The van der Waals surface area contributed by atoms with Gasteiger partial charge in [0.1, 0.15) is 0 Å². The molecule has 0 radical (unpaired) electrons. The van der Waals surface area contributed by atoms with Crippen LogP contribution in [0.25, 0.3) is 0 Å². The maximum atomic E-state index is 9.13. The van der Waals surface area contributed by atoms with E-state index in [0.717, 1.165) is 56.8 Å². The molecule has 0 aliphatic carbocycles. The van der Waals surface area contributed by atoms with E-state index in [1.165, 1.54) is 0 Å². The number of hydrogen-bond donors (Lipinski definition) is 0. The second kappa shape index (κ2) is 6.36. The normalized spacial score (nSPS) is 21.9. The molecule has 2 fully saturated rings. The topological polar surface area (TPSA) is 45.5 Å². The predicted molar refractivity (Wildman–Crippen MR) is 74.9 cm³/mol. The van der Waals surface area contributed by atoms with Crippen molar-refractivity contribution in [1.82, 2.24) is 4.90 Å². The van der Waals surface area contributed by atoms with E-state index in [-0.39, 0.29) is 6.29 Å². The number of nitrogens with zero attached hydrogens (tertiary/aromatic N) is 2. The Balaban J connectivity index is 1.54. The van der Waals surface area contributed by atoms with Crippen molar-refractivity contribution in [2.24, 2.45) is 5.92 Å². The highest BCUT2D eigenvalue weighted by molar-refractivity contribution is 5.37. The standard InChI is InChI=1S/C16H20N2O2/c17-11-14-3-1-2-4-15(14)12-18-7-5-13(6-8-18)16-19-9-10-20-16/h1-4,13,16H,5-10,12H2. The molecule has 0 atom stereocenters. The zero-order valence-electron chi connectivity index (χ0n) is 11.6. The summed E-state index contributed by atoms with van der Waals surface area (Å²) in [5.41, 5.74) is 1.92. The van der Waals surface area contributed by atoms with Gasteiger partial charge >= 0.3 is 0 Å². The fraction of sp³-hybridized carbons (Fsp3) is 0.562. The van der Waals surface area contributed by atoms with Crippen molar-refractivity contribution in [3.63, 3.8) is 0 Å². The molecule has 2 heterocycles. The number of ether oxygens (including phenoxy) is 2. The molecule has 0 bridgehead atoms. The van der Waals surface area contributed by atoms with Gasteiger partial charge in [-0.3, -0.25) is 4.90 Å². The highest BCUT2D eigenvalue weighted by Crippen LogP contribution is 2.26. The fourth-order valence-electron chi connectivity index (χ4n) is 3.04. The largest absolute Gasteiger partial charge is 0.350 e. The van der Waals surface area contributed by atoms with Crippen molar-refractivity contribution < 1.29 is 9.47 Å². The molecule has 4 nitrogen and oxygen atoms in total. The minimum absolute atomic E-state index is 0.0172. The van der Waals surface area contributed by atoms with Crippen LogP contribution in [-0.2, 0) is 16.0 Å². The smallest absolute Gasteiger partial charge is 0.160 e. The summed E-state index contributed by atoms with van der Waals surface area (Å²) >= 11 is 0. The molecule has 106 valence electrons. The maximum absolute atomic E-state index is 9.13. The first-order valence-electron chi connectivity index (χ1n) is 7.30. The molecular formula is C16H20N2O2. The van der Waals surface area contributed by atoms with Crippen LogP contribution in [-0.4, -0.2) is 37.5 Å². The Labute approximate surface area is 119 Å². The van der Waals surface area contributed by atoms with E-state index in [1.54, 1.807) is 0 Å². The van der Waals surface area contributed by atoms with Gasteiger partial charge < -0.3 is 9.47 Å². The summed E-state index contributed by atoms with van der Waals surface area (Å²) in [7, 11) is 0. The van der Waals surface area contributed by atoms with E-state index in [1.807, 2.05) is 24.3 Å². The van der Waals surface area contributed by atoms with Crippen molar-refractivity contribution in [2.75, 3.05) is 26.3 Å². The first kappa shape index (κ1) is 13.6. The molecule has 3 rings (SSSR count). The van der Waals surface area contributed by atoms with Gasteiger partial charge in [-0.15, -0.1) is 0 Å². The number of rotatable bonds is 3. The fourth-order valence-corrected chi connectivity index (χ4v) is 3.04. The molecule has 20 heavy (non-hydrogen) atoms. The Morgan fingerprint density at radius 3 is 2.55 bits per heavy atom. The van der Waals surface area contributed by atoms with Crippen molar-refractivity contribution in [3.05, 3.63) is 35.4 Å². The third kappa shape index (κ3) is 3.01. The van der Waals surface area contributed by atoms with Crippen molar-refractivity contribution in [1.29, 1.82) is 5.26 Å². The lowest BCUT2D eigenvalue weighted by Gasteiger charge is -2.33. The van der Waals surface area contributed by atoms with E-state index in [2.05, 4.69) is 11.0 Å². The SMILES string of the molecule is N#Cc1ccccc1CN1CCC(C2OCCO2)CC1. The van der Waals surface area contributed by atoms with Gasteiger partial charge in [0, 0.05) is 12.5 Å². The Hall–Kier alpha value is -1.41. The lowest BCUT2D eigenvalue weighted by atomic mass is 9.95. The third-order valence-electron chi connectivity index (χ3n) is 4.20. The lowest BCUT2D eigenvalue weighted by molar-refractivity contribution is -0.0977. The van der Waals surface area contributed by atoms with Gasteiger partial charge in [0.2, 0.25) is 0 Å². The lowest BCUT2D eigenvalue weighted by Crippen LogP contribution is -2.37. The summed E-state index contributed by atoms with van der Waals surface area (Å²) in [5, 5.41) is 9.13. The van der Waals surface area contributed by atoms with E-state index in [4.69, 9.17) is 14.7 Å². The number of nitriles is 1. The predicted octanol–water partition coefficient (Wildman–Crippen LogP) is 2.14. The van der Waals surface area contributed by atoms with Gasteiger partial charge in [-0.1, -0.05) is 18.2 Å². The summed E-state index contributed by atoms with van der Waals surface area (Å²) in [4.78, 5) is 2.42. The monoisotopic (exact) mass is 272 g/mol. The van der Waals surface area contributed by atoms with Crippen molar-refractivity contribution in [2.45, 2.75) is 25.7 Å². The minimum atomic E-state index is 0.0172. The van der Waals surface area contributed by atoms with Crippen molar-refractivity contribution >= 4 is 0 Å².